The van der Waals surface area contributed by atoms with E-state index in [9.17, 15) is 19.4 Å². The Hall–Kier alpha value is -1.35. The first-order valence-corrected chi connectivity index (χ1v) is 7.37. The van der Waals surface area contributed by atoms with E-state index in [1.165, 1.54) is 18.2 Å². The zero-order valence-electron chi connectivity index (χ0n) is 11.2. The van der Waals surface area contributed by atoms with Gasteiger partial charge in [-0.3, -0.25) is 14.3 Å². The molecule has 2 N–H and O–H groups in total. The number of aliphatic hydroxyl groups is 1. The zero-order chi connectivity index (χ0) is 15.0. The van der Waals surface area contributed by atoms with Crippen molar-refractivity contribution < 1.29 is 19.0 Å². The van der Waals surface area contributed by atoms with Crippen LogP contribution in [0.5, 0.6) is 0 Å². The SMILES string of the molecule is COCCNCC(O)CS(=O)c1ccccc1[N+](=O)[O-]. The number of nitro benzene ring substituents is 1. The van der Waals surface area contributed by atoms with E-state index in [0.717, 1.165) is 0 Å². The average Bonchev–Trinajstić information content (AvgIpc) is 2.43. The van der Waals surface area contributed by atoms with Gasteiger partial charge in [0.15, 0.2) is 0 Å². The molecule has 0 spiro atoms. The van der Waals surface area contributed by atoms with Crippen molar-refractivity contribution in [3.8, 4) is 0 Å². The Bertz CT molecular complexity index is 469. The van der Waals surface area contributed by atoms with Gasteiger partial charge in [0.25, 0.3) is 5.69 Å². The Morgan fingerprint density at radius 2 is 2.20 bits per heavy atom. The number of hydrogen-bond donors (Lipinski definition) is 2. The number of rotatable bonds is 9. The van der Waals surface area contributed by atoms with E-state index < -0.39 is 21.8 Å². The first kappa shape index (κ1) is 16.7. The van der Waals surface area contributed by atoms with Gasteiger partial charge in [-0.2, -0.15) is 0 Å². The third-order valence-corrected chi connectivity index (χ3v) is 4.04. The number of nitrogens with zero attached hydrogens (tertiary/aromatic N) is 1. The van der Waals surface area contributed by atoms with Crippen molar-refractivity contribution in [3.05, 3.63) is 34.4 Å². The maximum Gasteiger partial charge on any atom is 0.285 e. The summed E-state index contributed by atoms with van der Waals surface area (Å²) in [4.78, 5) is 10.4. The quantitative estimate of drug-likeness (QED) is 0.386. The van der Waals surface area contributed by atoms with Gasteiger partial charge in [-0.1, -0.05) is 12.1 Å². The van der Waals surface area contributed by atoms with Gasteiger partial charge < -0.3 is 15.2 Å². The summed E-state index contributed by atoms with van der Waals surface area (Å²) in [5, 5.41) is 23.5. The van der Waals surface area contributed by atoms with Crippen molar-refractivity contribution in [1.29, 1.82) is 0 Å². The third-order valence-electron chi connectivity index (χ3n) is 2.51. The van der Waals surface area contributed by atoms with Crippen LogP contribution in [-0.4, -0.2) is 52.9 Å². The van der Waals surface area contributed by atoms with E-state index in [-0.39, 0.29) is 22.9 Å². The molecule has 0 amide bonds. The fourth-order valence-corrected chi connectivity index (χ4v) is 2.82. The van der Waals surface area contributed by atoms with Crippen LogP contribution in [0.15, 0.2) is 29.2 Å². The first-order valence-electron chi connectivity index (χ1n) is 6.05. The van der Waals surface area contributed by atoms with Gasteiger partial charge in [-0.05, 0) is 6.07 Å². The van der Waals surface area contributed by atoms with Crippen LogP contribution in [0.4, 0.5) is 5.69 Å². The van der Waals surface area contributed by atoms with E-state index in [1.807, 2.05) is 0 Å². The highest BCUT2D eigenvalue weighted by atomic mass is 32.2. The van der Waals surface area contributed by atoms with Gasteiger partial charge in [0.1, 0.15) is 4.90 Å². The van der Waals surface area contributed by atoms with Gasteiger partial charge in [-0.15, -0.1) is 0 Å². The lowest BCUT2D eigenvalue weighted by molar-refractivity contribution is -0.387. The molecule has 7 nitrogen and oxygen atoms in total. The van der Waals surface area contributed by atoms with Crippen molar-refractivity contribution in [2.75, 3.05) is 32.6 Å². The van der Waals surface area contributed by atoms with Crippen molar-refractivity contribution >= 4 is 16.5 Å². The van der Waals surface area contributed by atoms with Gasteiger partial charge in [0, 0.05) is 26.3 Å². The molecule has 2 atom stereocenters. The monoisotopic (exact) mass is 302 g/mol. The molecule has 0 saturated heterocycles. The minimum atomic E-state index is -1.62. The van der Waals surface area contributed by atoms with Crippen molar-refractivity contribution in [3.63, 3.8) is 0 Å². The molecule has 0 aromatic heterocycles. The molecule has 1 aromatic rings. The molecule has 0 fully saturated rings. The van der Waals surface area contributed by atoms with Gasteiger partial charge in [0.2, 0.25) is 0 Å². The van der Waals surface area contributed by atoms with E-state index in [0.29, 0.717) is 13.2 Å². The van der Waals surface area contributed by atoms with E-state index in [4.69, 9.17) is 4.74 Å². The summed E-state index contributed by atoms with van der Waals surface area (Å²) >= 11 is 0. The zero-order valence-corrected chi connectivity index (χ0v) is 12.0. The third kappa shape index (κ3) is 5.33. The Kier molecular flexibility index (Phi) is 7.31. The van der Waals surface area contributed by atoms with E-state index in [2.05, 4.69) is 5.32 Å². The second-order valence-corrected chi connectivity index (χ2v) is 5.55. The number of methoxy groups -OCH3 is 1. The summed E-state index contributed by atoms with van der Waals surface area (Å²) in [7, 11) is -0.0446. The molecule has 0 aliphatic carbocycles. The van der Waals surface area contributed by atoms with Crippen LogP contribution < -0.4 is 5.32 Å². The fraction of sp³-hybridized carbons (Fsp3) is 0.500. The number of benzene rings is 1. The Balaban J connectivity index is 2.56. The highest BCUT2D eigenvalue weighted by molar-refractivity contribution is 7.85. The molecule has 1 aromatic carbocycles. The first-order chi connectivity index (χ1) is 9.56. The van der Waals surface area contributed by atoms with Crippen molar-refractivity contribution in [2.24, 2.45) is 0 Å². The average molecular weight is 302 g/mol. The standard InChI is InChI=1S/C12H18N2O5S/c1-19-7-6-13-8-10(15)9-20(18)12-5-3-2-4-11(12)14(16)17/h2-5,10,13,15H,6-9H2,1H3. The van der Waals surface area contributed by atoms with Crippen LogP contribution in [0.1, 0.15) is 0 Å². The highest BCUT2D eigenvalue weighted by Crippen LogP contribution is 2.21. The molecule has 0 heterocycles. The molecule has 112 valence electrons. The lowest BCUT2D eigenvalue weighted by Crippen LogP contribution is -2.32. The van der Waals surface area contributed by atoms with Gasteiger partial charge in [-0.25, -0.2) is 0 Å². The van der Waals surface area contributed by atoms with Gasteiger partial charge >= 0.3 is 0 Å². The molecular weight excluding hydrogens is 284 g/mol. The maximum atomic E-state index is 12.1. The molecule has 1 rings (SSSR count). The van der Waals surface area contributed by atoms with Crippen molar-refractivity contribution in [1.82, 2.24) is 5.32 Å². The molecular formula is C12H18N2O5S. The Morgan fingerprint density at radius 1 is 1.50 bits per heavy atom. The summed E-state index contributed by atoms with van der Waals surface area (Å²) in [5.41, 5.74) is -0.189. The fourth-order valence-electron chi connectivity index (χ4n) is 1.57. The second-order valence-electron chi connectivity index (χ2n) is 4.09. The minimum absolute atomic E-state index is 0.0508. The molecule has 0 saturated carbocycles. The number of ether oxygens (including phenoxy) is 1. The van der Waals surface area contributed by atoms with Crippen LogP contribution in [0.2, 0.25) is 0 Å². The van der Waals surface area contributed by atoms with Crippen LogP contribution in [-0.2, 0) is 15.5 Å². The number of nitro groups is 1. The lowest BCUT2D eigenvalue weighted by Gasteiger charge is -2.11. The molecule has 0 aliphatic rings. The number of para-hydroxylation sites is 1. The Morgan fingerprint density at radius 3 is 2.85 bits per heavy atom. The molecule has 8 heteroatoms. The molecule has 20 heavy (non-hydrogen) atoms. The van der Waals surface area contributed by atoms with Crippen LogP contribution in [0, 0.1) is 10.1 Å². The molecule has 0 bridgehead atoms. The number of nitrogens with one attached hydrogen (secondary N) is 1. The lowest BCUT2D eigenvalue weighted by atomic mass is 10.3. The van der Waals surface area contributed by atoms with E-state index >= 15 is 0 Å². The summed E-state index contributed by atoms with van der Waals surface area (Å²) in [6, 6.07) is 5.85. The predicted octanol–water partition coefficient (Wildman–Crippen LogP) is 0.299. The number of aliphatic hydroxyl groups excluding tert-OH is 1. The number of hydrogen-bond acceptors (Lipinski definition) is 6. The Labute approximate surface area is 119 Å². The van der Waals surface area contributed by atoms with Crippen LogP contribution >= 0.6 is 0 Å². The normalized spacial score (nSPS) is 13.9. The van der Waals surface area contributed by atoms with Crippen LogP contribution in [0.25, 0.3) is 0 Å². The summed E-state index contributed by atoms with van der Waals surface area (Å²) < 4.78 is 16.9. The smallest absolute Gasteiger partial charge is 0.285 e. The highest BCUT2D eigenvalue weighted by Gasteiger charge is 2.20. The summed E-state index contributed by atoms with van der Waals surface area (Å²) in [6.45, 7) is 1.35. The van der Waals surface area contributed by atoms with Gasteiger partial charge in [0.05, 0.1) is 34.2 Å². The van der Waals surface area contributed by atoms with E-state index in [1.54, 1.807) is 13.2 Å². The summed E-state index contributed by atoms with van der Waals surface area (Å²) in [6.07, 6.45) is -0.840. The minimum Gasteiger partial charge on any atom is -0.391 e. The predicted molar refractivity (Wildman–Crippen MR) is 75.1 cm³/mol. The van der Waals surface area contributed by atoms with Crippen molar-refractivity contribution in [2.45, 2.75) is 11.0 Å². The molecule has 0 radical (unpaired) electrons. The molecule has 2 unspecified atom stereocenters. The second kappa shape index (κ2) is 8.75. The topological polar surface area (TPSA) is 102 Å². The maximum absolute atomic E-state index is 12.1. The van der Waals surface area contributed by atoms with Crippen LogP contribution in [0.3, 0.4) is 0 Å². The summed E-state index contributed by atoms with van der Waals surface area (Å²) in [5.74, 6) is -0.0508. The molecule has 0 aliphatic heterocycles. The largest absolute Gasteiger partial charge is 0.391 e.